The Morgan fingerprint density at radius 2 is 1.70 bits per heavy atom. The molecule has 20 heavy (non-hydrogen) atoms. The molecule has 0 aliphatic carbocycles. The fraction of sp³-hybridized carbons (Fsp3) is 0.125. The van der Waals surface area contributed by atoms with Crippen LogP contribution in [0, 0.1) is 0 Å². The monoisotopic (exact) mass is 265 g/mol. The number of aromatic nitrogens is 2. The Kier molecular flexibility index (Phi) is 3.46. The molecule has 3 rings (SSSR count). The number of hydrogen-bond acceptors (Lipinski definition) is 4. The fourth-order valence-corrected chi connectivity index (χ4v) is 2.09. The van der Waals surface area contributed by atoms with Crippen LogP contribution < -0.4 is 5.73 Å². The second kappa shape index (κ2) is 5.57. The summed E-state index contributed by atoms with van der Waals surface area (Å²) in [5.41, 5.74) is 8.73. The summed E-state index contributed by atoms with van der Waals surface area (Å²) in [6, 6.07) is 17.8. The molecule has 0 radical (unpaired) electrons. The van der Waals surface area contributed by atoms with E-state index in [4.69, 9.17) is 10.3 Å². The Hall–Kier alpha value is -2.62. The summed E-state index contributed by atoms with van der Waals surface area (Å²) >= 11 is 0. The van der Waals surface area contributed by atoms with Gasteiger partial charge < -0.3 is 10.3 Å². The van der Waals surface area contributed by atoms with Crippen LogP contribution in [0.15, 0.2) is 59.1 Å². The lowest BCUT2D eigenvalue weighted by Gasteiger charge is -1.97. The maximum Gasteiger partial charge on any atom is 0.231 e. The van der Waals surface area contributed by atoms with Gasteiger partial charge in [0.25, 0.3) is 0 Å². The van der Waals surface area contributed by atoms with E-state index in [9.17, 15) is 0 Å². The first-order chi connectivity index (χ1) is 9.79. The van der Waals surface area contributed by atoms with Gasteiger partial charge in [0.1, 0.15) is 0 Å². The summed E-state index contributed by atoms with van der Waals surface area (Å²) in [6.45, 7) is 0. The Morgan fingerprint density at radius 3 is 2.50 bits per heavy atom. The van der Waals surface area contributed by atoms with Gasteiger partial charge in [-0.25, -0.2) is 0 Å². The van der Waals surface area contributed by atoms with Crippen molar-refractivity contribution in [2.24, 2.45) is 0 Å². The Morgan fingerprint density at radius 1 is 0.900 bits per heavy atom. The lowest BCUT2D eigenvalue weighted by molar-refractivity contribution is 0.380. The molecule has 1 aromatic heterocycles. The molecule has 0 aliphatic heterocycles. The summed E-state index contributed by atoms with van der Waals surface area (Å²) in [7, 11) is 0. The summed E-state index contributed by atoms with van der Waals surface area (Å²) in [6.07, 6.45) is 1.29. The van der Waals surface area contributed by atoms with Crippen LogP contribution in [-0.2, 0) is 12.8 Å². The highest BCUT2D eigenvalue weighted by atomic mass is 16.5. The standard InChI is InChI=1S/C16H15N3O/c17-14-8-4-7-13(9-14)11-16-18-15(19-20-16)10-12-5-2-1-3-6-12/h1-9H,10-11,17H2. The van der Waals surface area contributed by atoms with E-state index in [-0.39, 0.29) is 0 Å². The molecule has 0 atom stereocenters. The van der Waals surface area contributed by atoms with Crippen molar-refractivity contribution in [2.45, 2.75) is 12.8 Å². The largest absolute Gasteiger partial charge is 0.399 e. The van der Waals surface area contributed by atoms with Gasteiger partial charge in [-0.3, -0.25) is 0 Å². The van der Waals surface area contributed by atoms with Crippen molar-refractivity contribution < 1.29 is 4.52 Å². The Balaban J connectivity index is 1.71. The molecule has 100 valence electrons. The molecule has 0 unspecified atom stereocenters. The van der Waals surface area contributed by atoms with Crippen LogP contribution in [0.1, 0.15) is 22.8 Å². The molecule has 0 spiro atoms. The highest BCUT2D eigenvalue weighted by Crippen LogP contribution is 2.12. The first-order valence-corrected chi connectivity index (χ1v) is 6.49. The molecular weight excluding hydrogens is 250 g/mol. The van der Waals surface area contributed by atoms with Crippen LogP contribution in [0.4, 0.5) is 5.69 Å². The Labute approximate surface area is 117 Å². The predicted molar refractivity (Wildman–Crippen MR) is 77.2 cm³/mol. The third-order valence-corrected chi connectivity index (χ3v) is 3.02. The van der Waals surface area contributed by atoms with Crippen LogP contribution in [0.5, 0.6) is 0 Å². The molecule has 4 nitrogen and oxygen atoms in total. The predicted octanol–water partition coefficient (Wildman–Crippen LogP) is 2.83. The number of nitrogen functional groups attached to an aromatic ring is 1. The smallest absolute Gasteiger partial charge is 0.231 e. The highest BCUT2D eigenvalue weighted by Gasteiger charge is 2.08. The number of nitrogens with two attached hydrogens (primary N) is 1. The molecule has 0 saturated heterocycles. The maximum atomic E-state index is 5.75. The maximum absolute atomic E-state index is 5.75. The summed E-state index contributed by atoms with van der Waals surface area (Å²) in [4.78, 5) is 4.41. The minimum Gasteiger partial charge on any atom is -0.399 e. The third-order valence-electron chi connectivity index (χ3n) is 3.02. The minimum atomic E-state index is 0.604. The van der Waals surface area contributed by atoms with Gasteiger partial charge in [-0.1, -0.05) is 47.6 Å². The van der Waals surface area contributed by atoms with Crippen molar-refractivity contribution >= 4 is 5.69 Å². The first-order valence-electron chi connectivity index (χ1n) is 6.49. The summed E-state index contributed by atoms with van der Waals surface area (Å²) in [5, 5.41) is 4.01. The molecule has 0 saturated carbocycles. The zero-order valence-corrected chi connectivity index (χ0v) is 11.0. The average molecular weight is 265 g/mol. The molecule has 1 heterocycles. The molecule has 4 heteroatoms. The zero-order valence-electron chi connectivity index (χ0n) is 11.0. The lowest BCUT2D eigenvalue weighted by atomic mass is 10.1. The second-order valence-electron chi connectivity index (χ2n) is 4.69. The lowest BCUT2D eigenvalue weighted by Crippen LogP contribution is -1.93. The van der Waals surface area contributed by atoms with E-state index < -0.39 is 0 Å². The summed E-state index contributed by atoms with van der Waals surface area (Å²) < 4.78 is 5.28. The SMILES string of the molecule is Nc1cccc(Cc2nc(Cc3ccccc3)no2)c1. The van der Waals surface area contributed by atoms with Gasteiger partial charge in [0.15, 0.2) is 5.82 Å². The van der Waals surface area contributed by atoms with Gasteiger partial charge >= 0.3 is 0 Å². The molecule has 0 fully saturated rings. The van der Waals surface area contributed by atoms with E-state index in [2.05, 4.69) is 10.1 Å². The second-order valence-corrected chi connectivity index (χ2v) is 4.69. The van der Waals surface area contributed by atoms with E-state index in [0.717, 1.165) is 11.3 Å². The van der Waals surface area contributed by atoms with Gasteiger partial charge in [0.2, 0.25) is 5.89 Å². The van der Waals surface area contributed by atoms with Crippen molar-refractivity contribution in [3.05, 3.63) is 77.4 Å². The number of benzene rings is 2. The van der Waals surface area contributed by atoms with Crippen molar-refractivity contribution in [3.63, 3.8) is 0 Å². The molecule has 0 amide bonds. The van der Waals surface area contributed by atoms with E-state index in [1.165, 1.54) is 5.56 Å². The number of rotatable bonds is 4. The summed E-state index contributed by atoms with van der Waals surface area (Å²) in [5.74, 6) is 1.32. The fourth-order valence-electron chi connectivity index (χ4n) is 2.09. The average Bonchev–Trinajstić information content (AvgIpc) is 2.87. The van der Waals surface area contributed by atoms with Crippen LogP contribution >= 0.6 is 0 Å². The number of anilines is 1. The van der Waals surface area contributed by atoms with Gasteiger partial charge in [-0.05, 0) is 23.3 Å². The molecule has 0 aliphatic rings. The van der Waals surface area contributed by atoms with Crippen molar-refractivity contribution in [1.82, 2.24) is 10.1 Å². The van der Waals surface area contributed by atoms with Crippen LogP contribution in [0.2, 0.25) is 0 Å². The van der Waals surface area contributed by atoms with Crippen LogP contribution in [-0.4, -0.2) is 10.1 Å². The van der Waals surface area contributed by atoms with E-state index >= 15 is 0 Å². The van der Waals surface area contributed by atoms with Gasteiger partial charge in [-0.15, -0.1) is 0 Å². The van der Waals surface area contributed by atoms with Gasteiger partial charge in [0, 0.05) is 12.1 Å². The molecule has 2 aromatic carbocycles. The quantitative estimate of drug-likeness (QED) is 0.737. The molecule has 3 aromatic rings. The normalized spacial score (nSPS) is 10.6. The molecule has 2 N–H and O–H groups in total. The molecule has 0 bridgehead atoms. The molecular formula is C16H15N3O. The van der Waals surface area contributed by atoms with Crippen molar-refractivity contribution in [3.8, 4) is 0 Å². The van der Waals surface area contributed by atoms with E-state index in [0.29, 0.717) is 24.6 Å². The number of nitrogens with zero attached hydrogens (tertiary/aromatic N) is 2. The number of hydrogen-bond donors (Lipinski definition) is 1. The van der Waals surface area contributed by atoms with Crippen molar-refractivity contribution in [1.29, 1.82) is 0 Å². The third kappa shape index (κ3) is 3.03. The van der Waals surface area contributed by atoms with Crippen LogP contribution in [0.25, 0.3) is 0 Å². The first kappa shape index (κ1) is 12.4. The van der Waals surface area contributed by atoms with Crippen molar-refractivity contribution in [2.75, 3.05) is 5.73 Å². The van der Waals surface area contributed by atoms with Gasteiger partial charge in [0.05, 0.1) is 6.42 Å². The topological polar surface area (TPSA) is 64.9 Å². The zero-order chi connectivity index (χ0) is 13.8. The Bertz CT molecular complexity index is 692. The minimum absolute atomic E-state index is 0.604. The van der Waals surface area contributed by atoms with Gasteiger partial charge in [-0.2, -0.15) is 4.98 Å². The van der Waals surface area contributed by atoms with E-state index in [1.807, 2.05) is 54.6 Å². The van der Waals surface area contributed by atoms with Crippen LogP contribution in [0.3, 0.4) is 0 Å². The highest BCUT2D eigenvalue weighted by molar-refractivity contribution is 5.41. The van der Waals surface area contributed by atoms with E-state index in [1.54, 1.807) is 0 Å².